The van der Waals surface area contributed by atoms with Crippen LogP contribution in [0.15, 0.2) is 40.2 Å². The molecule has 92 valence electrons. The van der Waals surface area contributed by atoms with Gasteiger partial charge in [0.15, 0.2) is 0 Å². The quantitative estimate of drug-likeness (QED) is 0.494. The average molecular weight is 314 g/mol. The molecule has 1 amide bonds. The first-order valence-electron chi connectivity index (χ1n) is 5.40. The molecule has 0 aromatic heterocycles. The molecule has 0 saturated carbocycles. The minimum atomic E-state index is 0.0687. The predicted molar refractivity (Wildman–Crippen MR) is 77.4 cm³/mol. The summed E-state index contributed by atoms with van der Waals surface area (Å²) in [6, 6.07) is 6.07. The summed E-state index contributed by atoms with van der Waals surface area (Å²) in [5.74, 6) is 0.527. The lowest BCUT2D eigenvalue weighted by Crippen LogP contribution is -2.25. The van der Waals surface area contributed by atoms with Crippen LogP contribution in [0.2, 0.25) is 0 Å². The van der Waals surface area contributed by atoms with Gasteiger partial charge in [-0.1, -0.05) is 22.0 Å². The van der Waals surface area contributed by atoms with E-state index in [-0.39, 0.29) is 5.91 Å². The summed E-state index contributed by atoms with van der Waals surface area (Å²) in [4.78, 5) is 12.6. The molecule has 2 nitrogen and oxygen atoms in total. The van der Waals surface area contributed by atoms with E-state index in [0.29, 0.717) is 12.3 Å². The van der Waals surface area contributed by atoms with Gasteiger partial charge in [-0.3, -0.25) is 4.79 Å². The van der Waals surface area contributed by atoms with Crippen LogP contribution in [0.3, 0.4) is 0 Å². The molecule has 0 unspecified atom stereocenters. The summed E-state index contributed by atoms with van der Waals surface area (Å²) in [6.07, 6.45) is 2.61. The maximum atomic E-state index is 11.5. The fraction of sp³-hybridized carbons (Fsp3) is 0.308. The third kappa shape index (κ3) is 5.41. The summed E-state index contributed by atoms with van der Waals surface area (Å²) < 4.78 is 1.06. The lowest BCUT2D eigenvalue weighted by molar-refractivity contribution is -0.118. The third-order valence-electron chi connectivity index (χ3n) is 2.17. The SMILES string of the molecule is C=CCCNC(=O)CSc1ccc(Br)cc1C. The van der Waals surface area contributed by atoms with E-state index < -0.39 is 0 Å². The minimum absolute atomic E-state index is 0.0687. The first-order chi connectivity index (χ1) is 8.13. The van der Waals surface area contributed by atoms with Crippen molar-refractivity contribution in [3.8, 4) is 0 Å². The van der Waals surface area contributed by atoms with E-state index in [0.717, 1.165) is 15.8 Å². The van der Waals surface area contributed by atoms with Gasteiger partial charge < -0.3 is 5.32 Å². The van der Waals surface area contributed by atoms with Gasteiger partial charge in [-0.05, 0) is 37.1 Å². The Balaban J connectivity index is 2.39. The minimum Gasteiger partial charge on any atom is -0.355 e. The molecule has 0 spiro atoms. The second-order valence-corrected chi connectivity index (χ2v) is 5.56. The molecule has 1 aromatic carbocycles. The zero-order valence-corrected chi connectivity index (χ0v) is 12.2. The van der Waals surface area contributed by atoms with Gasteiger partial charge in [0.05, 0.1) is 5.75 Å². The Labute approximate surface area is 115 Å². The second-order valence-electron chi connectivity index (χ2n) is 3.63. The van der Waals surface area contributed by atoms with Crippen LogP contribution in [0, 0.1) is 6.92 Å². The number of amides is 1. The highest BCUT2D eigenvalue weighted by atomic mass is 79.9. The van der Waals surface area contributed by atoms with Crippen molar-refractivity contribution in [1.29, 1.82) is 0 Å². The van der Waals surface area contributed by atoms with Crippen molar-refractivity contribution in [2.75, 3.05) is 12.3 Å². The summed E-state index contributed by atoms with van der Waals surface area (Å²) in [5.41, 5.74) is 1.18. The number of thioether (sulfide) groups is 1. The van der Waals surface area contributed by atoms with Crippen LogP contribution in [0.25, 0.3) is 0 Å². The molecular weight excluding hydrogens is 298 g/mol. The van der Waals surface area contributed by atoms with Crippen molar-refractivity contribution in [2.24, 2.45) is 0 Å². The van der Waals surface area contributed by atoms with E-state index >= 15 is 0 Å². The highest BCUT2D eigenvalue weighted by molar-refractivity contribution is 9.10. The highest BCUT2D eigenvalue weighted by Gasteiger charge is 2.04. The Kier molecular flexibility index (Phi) is 6.37. The number of rotatable bonds is 6. The number of nitrogens with one attached hydrogen (secondary N) is 1. The zero-order chi connectivity index (χ0) is 12.7. The van der Waals surface area contributed by atoms with E-state index in [1.54, 1.807) is 17.8 Å². The number of benzene rings is 1. The summed E-state index contributed by atoms with van der Waals surface area (Å²) in [7, 11) is 0. The number of carbonyl (C=O) groups is 1. The first kappa shape index (κ1) is 14.3. The maximum Gasteiger partial charge on any atom is 0.230 e. The highest BCUT2D eigenvalue weighted by Crippen LogP contribution is 2.24. The van der Waals surface area contributed by atoms with Crippen LogP contribution in [0.1, 0.15) is 12.0 Å². The van der Waals surface area contributed by atoms with E-state index in [1.807, 2.05) is 19.1 Å². The fourth-order valence-corrected chi connectivity index (χ4v) is 2.60. The molecule has 4 heteroatoms. The fourth-order valence-electron chi connectivity index (χ4n) is 1.28. The molecule has 0 heterocycles. The molecule has 0 saturated heterocycles. The predicted octanol–water partition coefficient (Wildman–Crippen LogP) is 3.54. The molecule has 0 aliphatic rings. The first-order valence-corrected chi connectivity index (χ1v) is 7.18. The Morgan fingerprint density at radius 3 is 3.00 bits per heavy atom. The molecule has 0 aliphatic heterocycles. The molecule has 1 N–H and O–H groups in total. The van der Waals surface area contributed by atoms with Gasteiger partial charge in [-0.2, -0.15) is 0 Å². The van der Waals surface area contributed by atoms with Crippen LogP contribution < -0.4 is 5.32 Å². The van der Waals surface area contributed by atoms with E-state index in [2.05, 4.69) is 33.9 Å². The number of aryl methyl sites for hydroxylation is 1. The van der Waals surface area contributed by atoms with Gasteiger partial charge in [0, 0.05) is 15.9 Å². The van der Waals surface area contributed by atoms with Gasteiger partial charge in [0.2, 0.25) is 5.91 Å². The van der Waals surface area contributed by atoms with Crippen molar-refractivity contribution in [3.05, 3.63) is 40.9 Å². The summed E-state index contributed by atoms with van der Waals surface area (Å²) in [6.45, 7) is 6.32. The smallest absolute Gasteiger partial charge is 0.230 e. The largest absolute Gasteiger partial charge is 0.355 e. The van der Waals surface area contributed by atoms with Crippen molar-refractivity contribution in [1.82, 2.24) is 5.32 Å². The van der Waals surface area contributed by atoms with Crippen LogP contribution >= 0.6 is 27.7 Å². The number of carbonyl (C=O) groups excluding carboxylic acids is 1. The van der Waals surface area contributed by atoms with Gasteiger partial charge in [-0.25, -0.2) is 0 Å². The van der Waals surface area contributed by atoms with E-state index in [9.17, 15) is 4.79 Å². The molecule has 17 heavy (non-hydrogen) atoms. The lowest BCUT2D eigenvalue weighted by Gasteiger charge is -2.06. The maximum absolute atomic E-state index is 11.5. The molecule has 1 aromatic rings. The van der Waals surface area contributed by atoms with Gasteiger partial charge in [0.25, 0.3) is 0 Å². The van der Waals surface area contributed by atoms with Crippen LogP contribution in [0.4, 0.5) is 0 Å². The lowest BCUT2D eigenvalue weighted by atomic mass is 10.2. The average Bonchev–Trinajstić information content (AvgIpc) is 2.28. The van der Waals surface area contributed by atoms with E-state index in [4.69, 9.17) is 0 Å². The van der Waals surface area contributed by atoms with Crippen molar-refractivity contribution < 1.29 is 4.79 Å². The monoisotopic (exact) mass is 313 g/mol. The second kappa shape index (κ2) is 7.56. The Morgan fingerprint density at radius 1 is 1.59 bits per heavy atom. The topological polar surface area (TPSA) is 29.1 Å². The molecule has 0 bridgehead atoms. The van der Waals surface area contributed by atoms with Crippen molar-refractivity contribution in [2.45, 2.75) is 18.2 Å². The molecular formula is C13H16BrNOS. The zero-order valence-electron chi connectivity index (χ0n) is 9.83. The molecule has 0 atom stereocenters. The number of hydrogen-bond acceptors (Lipinski definition) is 2. The standard InChI is InChI=1S/C13H16BrNOS/c1-3-4-7-15-13(16)9-17-12-6-5-11(14)8-10(12)2/h3,5-6,8H,1,4,7,9H2,2H3,(H,15,16). The van der Waals surface area contributed by atoms with Gasteiger partial charge in [-0.15, -0.1) is 18.3 Å². The Morgan fingerprint density at radius 2 is 2.35 bits per heavy atom. The number of hydrogen-bond donors (Lipinski definition) is 1. The molecule has 0 fully saturated rings. The summed E-state index contributed by atoms with van der Waals surface area (Å²) >= 11 is 4.98. The van der Waals surface area contributed by atoms with Crippen LogP contribution in [0.5, 0.6) is 0 Å². The van der Waals surface area contributed by atoms with Crippen molar-refractivity contribution in [3.63, 3.8) is 0 Å². The number of halogens is 1. The molecule has 1 rings (SSSR count). The normalized spacial score (nSPS) is 10.0. The molecule has 0 radical (unpaired) electrons. The van der Waals surface area contributed by atoms with Gasteiger partial charge in [0.1, 0.15) is 0 Å². The Bertz CT molecular complexity index is 406. The van der Waals surface area contributed by atoms with Crippen molar-refractivity contribution >= 4 is 33.6 Å². The molecule has 0 aliphatic carbocycles. The Hall–Kier alpha value is -0.740. The van der Waals surface area contributed by atoms with Crippen LogP contribution in [-0.4, -0.2) is 18.2 Å². The third-order valence-corrected chi connectivity index (χ3v) is 3.84. The van der Waals surface area contributed by atoms with E-state index in [1.165, 1.54) is 5.56 Å². The van der Waals surface area contributed by atoms with Gasteiger partial charge >= 0.3 is 0 Å². The summed E-state index contributed by atoms with van der Waals surface area (Å²) in [5, 5.41) is 2.84. The van der Waals surface area contributed by atoms with Crippen LogP contribution in [-0.2, 0) is 4.79 Å².